The molecule has 1 rings (SSSR count). The van der Waals surface area contributed by atoms with Crippen LogP contribution in [-0.2, 0) is 9.59 Å². The molecule has 0 aromatic heterocycles. The second kappa shape index (κ2) is 5.91. The van der Waals surface area contributed by atoms with Crippen LogP contribution in [0.3, 0.4) is 0 Å². The van der Waals surface area contributed by atoms with E-state index < -0.39 is 23.6 Å². The molecule has 7 heteroatoms. The first-order valence-corrected chi connectivity index (χ1v) is 7.11. The van der Waals surface area contributed by atoms with E-state index in [9.17, 15) is 19.5 Å². The first kappa shape index (κ1) is 17.3. The fourth-order valence-corrected chi connectivity index (χ4v) is 2.32. The Labute approximate surface area is 125 Å². The Kier molecular flexibility index (Phi) is 4.86. The Bertz CT molecular complexity index is 444. The van der Waals surface area contributed by atoms with E-state index in [1.54, 1.807) is 6.92 Å². The van der Waals surface area contributed by atoms with Gasteiger partial charge in [-0.25, -0.2) is 9.59 Å². The lowest BCUT2D eigenvalue weighted by molar-refractivity contribution is -0.147. The van der Waals surface area contributed by atoms with Crippen molar-refractivity contribution in [2.75, 3.05) is 6.54 Å². The summed E-state index contributed by atoms with van der Waals surface area (Å²) >= 11 is 0. The number of aliphatic carboxylic acids is 1. The van der Waals surface area contributed by atoms with Crippen LogP contribution in [0.25, 0.3) is 0 Å². The molecule has 7 nitrogen and oxygen atoms in total. The van der Waals surface area contributed by atoms with E-state index in [1.807, 2.05) is 20.8 Å². The van der Waals surface area contributed by atoms with Crippen LogP contribution in [0, 0.1) is 0 Å². The first-order chi connectivity index (χ1) is 9.47. The molecule has 0 bridgehead atoms. The van der Waals surface area contributed by atoms with Crippen LogP contribution < -0.4 is 10.6 Å². The number of nitrogens with one attached hydrogen (secondary N) is 2. The van der Waals surface area contributed by atoms with Gasteiger partial charge in [-0.05, 0) is 47.5 Å². The predicted octanol–water partition coefficient (Wildman–Crippen LogP) is 0.938. The summed E-state index contributed by atoms with van der Waals surface area (Å²) in [4.78, 5) is 36.8. The lowest BCUT2D eigenvalue weighted by Crippen LogP contribution is -2.58. The minimum atomic E-state index is -1.20. The fourth-order valence-electron chi connectivity index (χ4n) is 2.32. The van der Waals surface area contributed by atoms with E-state index in [1.165, 1.54) is 11.8 Å². The van der Waals surface area contributed by atoms with E-state index in [2.05, 4.69) is 10.6 Å². The summed E-state index contributed by atoms with van der Waals surface area (Å²) in [6, 6.07) is -1.25. The Morgan fingerprint density at radius 3 is 2.33 bits per heavy atom. The predicted molar refractivity (Wildman–Crippen MR) is 77.9 cm³/mol. The van der Waals surface area contributed by atoms with E-state index in [0.717, 1.165) is 0 Å². The van der Waals surface area contributed by atoms with Crippen LogP contribution >= 0.6 is 0 Å². The zero-order valence-corrected chi connectivity index (χ0v) is 13.3. The number of carbonyl (C=O) groups is 3. The van der Waals surface area contributed by atoms with E-state index in [0.29, 0.717) is 19.4 Å². The van der Waals surface area contributed by atoms with Crippen LogP contribution in [0.5, 0.6) is 0 Å². The highest BCUT2D eigenvalue weighted by molar-refractivity contribution is 5.90. The molecule has 1 fully saturated rings. The number of hydrogen-bond donors (Lipinski definition) is 3. The quantitative estimate of drug-likeness (QED) is 0.722. The van der Waals surface area contributed by atoms with Crippen molar-refractivity contribution >= 4 is 17.9 Å². The van der Waals surface area contributed by atoms with Crippen LogP contribution in [0.2, 0.25) is 0 Å². The Balaban J connectivity index is 2.69. The van der Waals surface area contributed by atoms with E-state index >= 15 is 0 Å². The molecule has 2 atom stereocenters. The minimum Gasteiger partial charge on any atom is -0.480 e. The van der Waals surface area contributed by atoms with E-state index in [-0.39, 0.29) is 11.4 Å². The third-order valence-electron chi connectivity index (χ3n) is 3.58. The molecule has 21 heavy (non-hydrogen) atoms. The SMILES string of the molecule is CC(NC(=O)N1CCCC1(C)C(=O)O)C(=O)NC(C)(C)C. The summed E-state index contributed by atoms with van der Waals surface area (Å²) in [5.74, 6) is -1.32. The summed E-state index contributed by atoms with van der Waals surface area (Å²) in [5, 5.41) is 14.6. The molecule has 2 unspecified atom stereocenters. The number of likely N-dealkylation sites (tertiary alicyclic amines) is 1. The van der Waals surface area contributed by atoms with Gasteiger partial charge in [0.2, 0.25) is 5.91 Å². The van der Waals surface area contributed by atoms with Crippen molar-refractivity contribution in [3.8, 4) is 0 Å². The molecule has 0 aromatic rings. The zero-order chi connectivity index (χ0) is 16.4. The van der Waals surface area contributed by atoms with Gasteiger partial charge in [-0.2, -0.15) is 0 Å². The van der Waals surface area contributed by atoms with Gasteiger partial charge in [0.15, 0.2) is 0 Å². The van der Waals surface area contributed by atoms with Crippen LogP contribution in [0.4, 0.5) is 4.79 Å². The van der Waals surface area contributed by atoms with Gasteiger partial charge in [-0.15, -0.1) is 0 Å². The van der Waals surface area contributed by atoms with Crippen molar-refractivity contribution in [2.24, 2.45) is 0 Å². The number of amides is 3. The molecule has 0 aliphatic carbocycles. The number of hydrogen-bond acceptors (Lipinski definition) is 3. The lowest BCUT2D eigenvalue weighted by atomic mass is 10.00. The molecule has 0 aromatic carbocycles. The standard InChI is InChI=1S/C14H25N3O4/c1-9(10(18)16-13(2,3)4)15-12(21)17-8-6-7-14(17,5)11(19)20/h9H,6-8H2,1-5H3,(H,15,21)(H,16,18)(H,19,20). The molecule has 1 saturated heterocycles. The van der Waals surface area contributed by atoms with Crippen molar-refractivity contribution in [1.29, 1.82) is 0 Å². The van der Waals surface area contributed by atoms with Crippen LogP contribution in [0.15, 0.2) is 0 Å². The fraction of sp³-hybridized carbons (Fsp3) is 0.786. The number of carboxylic acid groups (broad SMARTS) is 1. The molecule has 120 valence electrons. The van der Waals surface area contributed by atoms with Crippen molar-refractivity contribution in [1.82, 2.24) is 15.5 Å². The van der Waals surface area contributed by atoms with Gasteiger partial charge < -0.3 is 20.6 Å². The number of nitrogens with zero attached hydrogens (tertiary/aromatic N) is 1. The van der Waals surface area contributed by atoms with Gasteiger partial charge in [0, 0.05) is 12.1 Å². The number of carbonyl (C=O) groups excluding carboxylic acids is 2. The maximum Gasteiger partial charge on any atom is 0.329 e. The third kappa shape index (κ3) is 4.09. The van der Waals surface area contributed by atoms with Gasteiger partial charge >= 0.3 is 12.0 Å². The smallest absolute Gasteiger partial charge is 0.329 e. The third-order valence-corrected chi connectivity index (χ3v) is 3.58. The summed E-state index contributed by atoms with van der Waals surface area (Å²) in [6.45, 7) is 9.03. The molecular weight excluding hydrogens is 274 g/mol. The van der Waals surface area contributed by atoms with Crippen LogP contribution in [0.1, 0.15) is 47.5 Å². The highest BCUT2D eigenvalue weighted by Crippen LogP contribution is 2.29. The first-order valence-electron chi connectivity index (χ1n) is 7.11. The second-order valence-corrected chi connectivity index (χ2v) is 6.74. The average molecular weight is 299 g/mol. The molecule has 3 amide bonds. The second-order valence-electron chi connectivity index (χ2n) is 6.74. The maximum atomic E-state index is 12.2. The topological polar surface area (TPSA) is 98.7 Å². The molecule has 3 N–H and O–H groups in total. The van der Waals surface area contributed by atoms with Crippen molar-refractivity contribution < 1.29 is 19.5 Å². The molecule has 1 aliphatic rings. The van der Waals surface area contributed by atoms with Gasteiger partial charge in [0.1, 0.15) is 11.6 Å². The molecule has 0 spiro atoms. The van der Waals surface area contributed by atoms with Gasteiger partial charge in [-0.1, -0.05) is 0 Å². The molecule has 1 aliphatic heterocycles. The monoisotopic (exact) mass is 299 g/mol. The van der Waals surface area contributed by atoms with Gasteiger partial charge in [0.05, 0.1) is 0 Å². The average Bonchev–Trinajstić information content (AvgIpc) is 2.70. The summed E-state index contributed by atoms with van der Waals surface area (Å²) in [7, 11) is 0. The van der Waals surface area contributed by atoms with Crippen molar-refractivity contribution in [3.63, 3.8) is 0 Å². The number of carboxylic acids is 1. The number of urea groups is 1. The highest BCUT2D eigenvalue weighted by atomic mass is 16.4. The van der Waals surface area contributed by atoms with E-state index in [4.69, 9.17) is 0 Å². The number of rotatable bonds is 3. The minimum absolute atomic E-state index is 0.299. The van der Waals surface area contributed by atoms with Crippen molar-refractivity contribution in [2.45, 2.75) is 64.6 Å². The Morgan fingerprint density at radius 1 is 1.29 bits per heavy atom. The largest absolute Gasteiger partial charge is 0.480 e. The lowest BCUT2D eigenvalue weighted by Gasteiger charge is -2.32. The summed E-state index contributed by atoms with van der Waals surface area (Å²) in [5.41, 5.74) is -1.59. The zero-order valence-electron chi connectivity index (χ0n) is 13.3. The summed E-state index contributed by atoms with van der Waals surface area (Å²) in [6.07, 6.45) is 1.05. The highest BCUT2D eigenvalue weighted by Gasteiger charge is 2.46. The molecule has 0 saturated carbocycles. The summed E-state index contributed by atoms with van der Waals surface area (Å²) < 4.78 is 0. The Hall–Kier alpha value is -1.79. The molecule has 0 radical (unpaired) electrons. The van der Waals surface area contributed by atoms with Crippen molar-refractivity contribution in [3.05, 3.63) is 0 Å². The van der Waals surface area contributed by atoms with Gasteiger partial charge in [-0.3, -0.25) is 4.79 Å². The van der Waals surface area contributed by atoms with Gasteiger partial charge in [0.25, 0.3) is 0 Å². The normalized spacial score (nSPS) is 23.6. The molecule has 1 heterocycles. The molecular formula is C14H25N3O4. The van der Waals surface area contributed by atoms with Crippen LogP contribution in [-0.4, -0.2) is 51.6 Å². The Morgan fingerprint density at radius 2 is 1.86 bits per heavy atom. The maximum absolute atomic E-state index is 12.2.